The predicted molar refractivity (Wildman–Crippen MR) is 251 cm³/mol. The van der Waals surface area contributed by atoms with E-state index in [9.17, 15) is 0 Å². The summed E-state index contributed by atoms with van der Waals surface area (Å²) >= 11 is 0. The van der Waals surface area contributed by atoms with E-state index in [0.29, 0.717) is 0 Å². The third-order valence-corrected chi connectivity index (χ3v) is 12.9. The molecule has 0 bridgehead atoms. The topological polar surface area (TPSA) is 3.24 Å². The molecule has 286 valence electrons. The van der Waals surface area contributed by atoms with Gasteiger partial charge in [0.15, 0.2) is 0 Å². The van der Waals surface area contributed by atoms with E-state index in [1.807, 2.05) is 0 Å². The maximum absolute atomic E-state index is 2.54. The molecule has 60 heavy (non-hydrogen) atoms. The zero-order chi connectivity index (χ0) is 39.9. The Morgan fingerprint density at radius 1 is 0.317 bits per heavy atom. The fraction of sp³-hybridized carbons (Fsp3) is 0.0847. The quantitative estimate of drug-likeness (QED) is 0.149. The molecule has 0 radical (unpaired) electrons. The Labute approximate surface area is 353 Å². The van der Waals surface area contributed by atoms with Crippen molar-refractivity contribution < 1.29 is 0 Å². The Hall–Kier alpha value is -7.22. The number of fused-ring (bicyclic) bond motifs is 4. The van der Waals surface area contributed by atoms with Gasteiger partial charge in [-0.15, -0.1) is 0 Å². The number of para-hydroxylation sites is 1. The lowest BCUT2D eigenvalue weighted by Gasteiger charge is -2.35. The summed E-state index contributed by atoms with van der Waals surface area (Å²) in [5.41, 5.74) is 21.0. The third kappa shape index (κ3) is 6.09. The van der Waals surface area contributed by atoms with Crippen LogP contribution in [0.25, 0.3) is 44.5 Å². The first-order valence-corrected chi connectivity index (χ1v) is 21.4. The fourth-order valence-corrected chi connectivity index (χ4v) is 10.1. The van der Waals surface area contributed by atoms with Crippen LogP contribution in [0.2, 0.25) is 0 Å². The Morgan fingerprint density at radius 2 is 0.800 bits per heavy atom. The molecule has 0 saturated heterocycles. The van der Waals surface area contributed by atoms with Gasteiger partial charge in [-0.05, 0) is 134 Å². The molecule has 0 amide bonds. The molecule has 0 aromatic heterocycles. The standard InChI is InChI=1S/C59H45N/c1-5-17-42(18-6-1)44-29-31-45(32-30-44)46-35-37-52(38-36-46)60(51-25-11-4-12-26-51)58-41-57-55(40-54(58)48-34-33-43-19-13-14-20-47(43)39-48)53-27-15-16-28-56(53)59(57,49-21-7-2-8-22-49)50-23-9-3-10-24-50/h1-12,15-18,21-41H,13-14,19-20H2. The van der Waals surface area contributed by atoms with Gasteiger partial charge in [-0.2, -0.15) is 0 Å². The fourth-order valence-electron chi connectivity index (χ4n) is 10.1. The van der Waals surface area contributed by atoms with Crippen molar-refractivity contribution in [2.45, 2.75) is 31.1 Å². The average Bonchev–Trinajstić information content (AvgIpc) is 3.62. The summed E-state index contributed by atoms with van der Waals surface area (Å²) in [6.45, 7) is 0. The monoisotopic (exact) mass is 767 g/mol. The second-order valence-corrected chi connectivity index (χ2v) is 16.3. The van der Waals surface area contributed by atoms with Gasteiger partial charge in [0, 0.05) is 16.9 Å². The summed E-state index contributed by atoms with van der Waals surface area (Å²) in [6, 6.07) is 83.3. The molecule has 2 aliphatic carbocycles. The van der Waals surface area contributed by atoms with Gasteiger partial charge in [0.05, 0.1) is 11.1 Å². The first kappa shape index (κ1) is 35.9. The molecular formula is C59H45N. The molecule has 0 atom stereocenters. The first-order chi connectivity index (χ1) is 29.8. The van der Waals surface area contributed by atoms with E-state index in [0.717, 1.165) is 24.2 Å². The van der Waals surface area contributed by atoms with E-state index < -0.39 is 5.41 Å². The van der Waals surface area contributed by atoms with Gasteiger partial charge in [-0.1, -0.05) is 188 Å². The molecule has 0 fully saturated rings. The van der Waals surface area contributed by atoms with E-state index in [1.54, 1.807) is 0 Å². The molecule has 1 heteroatoms. The lowest BCUT2D eigenvalue weighted by molar-refractivity contribution is 0.686. The maximum atomic E-state index is 2.54. The number of rotatable bonds is 8. The third-order valence-electron chi connectivity index (χ3n) is 12.9. The van der Waals surface area contributed by atoms with Gasteiger partial charge < -0.3 is 4.90 Å². The largest absolute Gasteiger partial charge is 0.310 e. The van der Waals surface area contributed by atoms with Crippen molar-refractivity contribution in [3.8, 4) is 44.5 Å². The van der Waals surface area contributed by atoms with Gasteiger partial charge in [0.2, 0.25) is 0 Å². The lowest BCUT2D eigenvalue weighted by atomic mass is 9.67. The second kappa shape index (κ2) is 15.2. The van der Waals surface area contributed by atoms with Crippen LogP contribution >= 0.6 is 0 Å². The van der Waals surface area contributed by atoms with Crippen LogP contribution in [0.15, 0.2) is 224 Å². The smallest absolute Gasteiger partial charge is 0.0714 e. The van der Waals surface area contributed by atoms with Crippen LogP contribution in [0.3, 0.4) is 0 Å². The molecule has 2 aliphatic rings. The van der Waals surface area contributed by atoms with E-state index in [2.05, 4.69) is 229 Å². The second-order valence-electron chi connectivity index (χ2n) is 16.3. The van der Waals surface area contributed by atoms with E-state index >= 15 is 0 Å². The molecule has 0 spiro atoms. The Bertz CT molecular complexity index is 2890. The number of nitrogens with zero attached hydrogens (tertiary/aromatic N) is 1. The van der Waals surface area contributed by atoms with Crippen molar-refractivity contribution in [3.05, 3.63) is 258 Å². The van der Waals surface area contributed by atoms with Crippen molar-refractivity contribution in [1.82, 2.24) is 0 Å². The summed E-state index contributed by atoms with van der Waals surface area (Å²) in [6.07, 6.45) is 4.81. The minimum absolute atomic E-state index is 0.518. The van der Waals surface area contributed by atoms with Crippen LogP contribution in [-0.2, 0) is 18.3 Å². The van der Waals surface area contributed by atoms with Gasteiger partial charge in [0.1, 0.15) is 0 Å². The van der Waals surface area contributed by atoms with Crippen LogP contribution in [0.4, 0.5) is 17.1 Å². The molecule has 11 rings (SSSR count). The maximum Gasteiger partial charge on any atom is 0.0714 e. The Kier molecular flexibility index (Phi) is 9.09. The summed E-state index contributed by atoms with van der Waals surface area (Å²) in [5.74, 6) is 0. The Balaban J connectivity index is 1.15. The number of anilines is 3. The predicted octanol–water partition coefficient (Wildman–Crippen LogP) is 15.4. The minimum Gasteiger partial charge on any atom is -0.310 e. The van der Waals surface area contributed by atoms with Gasteiger partial charge >= 0.3 is 0 Å². The van der Waals surface area contributed by atoms with Crippen molar-refractivity contribution in [1.29, 1.82) is 0 Å². The minimum atomic E-state index is -0.518. The molecule has 9 aromatic carbocycles. The van der Waals surface area contributed by atoms with Crippen LogP contribution in [0, 0.1) is 0 Å². The van der Waals surface area contributed by atoms with E-state index in [1.165, 1.54) is 96.4 Å². The average molecular weight is 768 g/mol. The molecule has 9 aromatic rings. The van der Waals surface area contributed by atoms with E-state index in [-0.39, 0.29) is 0 Å². The molecular weight excluding hydrogens is 723 g/mol. The molecule has 0 N–H and O–H groups in total. The molecule has 0 heterocycles. The zero-order valence-corrected chi connectivity index (χ0v) is 33.6. The highest BCUT2D eigenvalue weighted by atomic mass is 15.1. The number of hydrogen-bond acceptors (Lipinski definition) is 1. The van der Waals surface area contributed by atoms with Crippen LogP contribution in [0.5, 0.6) is 0 Å². The number of hydrogen-bond donors (Lipinski definition) is 0. The summed E-state index contributed by atoms with van der Waals surface area (Å²) < 4.78 is 0. The summed E-state index contributed by atoms with van der Waals surface area (Å²) in [5, 5.41) is 0. The van der Waals surface area contributed by atoms with Gasteiger partial charge in [-0.25, -0.2) is 0 Å². The van der Waals surface area contributed by atoms with Crippen LogP contribution < -0.4 is 4.90 Å². The SMILES string of the molecule is c1ccc(-c2ccc(-c3ccc(N(c4ccccc4)c4cc5c(cc4-c4ccc6c(c4)CCCC6)-c4ccccc4C5(c4ccccc4)c4ccccc4)cc3)cc2)cc1. The molecule has 0 aliphatic heterocycles. The molecule has 0 unspecified atom stereocenters. The van der Waals surface area contributed by atoms with Crippen molar-refractivity contribution >= 4 is 17.1 Å². The molecule has 1 nitrogen and oxygen atoms in total. The first-order valence-electron chi connectivity index (χ1n) is 21.4. The van der Waals surface area contributed by atoms with Crippen LogP contribution in [-0.4, -0.2) is 0 Å². The summed E-state index contributed by atoms with van der Waals surface area (Å²) in [7, 11) is 0. The Morgan fingerprint density at radius 3 is 1.43 bits per heavy atom. The normalized spacial score (nSPS) is 13.5. The van der Waals surface area contributed by atoms with Crippen molar-refractivity contribution in [2.24, 2.45) is 0 Å². The van der Waals surface area contributed by atoms with Gasteiger partial charge in [0.25, 0.3) is 0 Å². The summed E-state index contributed by atoms with van der Waals surface area (Å²) in [4.78, 5) is 2.49. The number of benzene rings is 9. The zero-order valence-electron chi connectivity index (χ0n) is 33.6. The van der Waals surface area contributed by atoms with Crippen molar-refractivity contribution in [2.75, 3.05) is 4.90 Å². The van der Waals surface area contributed by atoms with Crippen LogP contribution in [0.1, 0.15) is 46.2 Å². The molecule has 0 saturated carbocycles. The van der Waals surface area contributed by atoms with E-state index in [4.69, 9.17) is 0 Å². The van der Waals surface area contributed by atoms with Gasteiger partial charge in [-0.3, -0.25) is 0 Å². The number of aryl methyl sites for hydroxylation is 2. The lowest BCUT2D eigenvalue weighted by Crippen LogP contribution is -2.28. The highest BCUT2D eigenvalue weighted by Gasteiger charge is 2.46. The highest BCUT2D eigenvalue weighted by molar-refractivity contribution is 5.97. The van der Waals surface area contributed by atoms with Crippen molar-refractivity contribution in [3.63, 3.8) is 0 Å². The highest BCUT2D eigenvalue weighted by Crippen LogP contribution is 2.59.